The van der Waals surface area contributed by atoms with Gasteiger partial charge in [-0.05, 0) is 55.5 Å². The topological polar surface area (TPSA) is 137 Å². The highest BCUT2D eigenvalue weighted by atomic mass is 16.5. The number of hydrogen-bond donors (Lipinski definition) is 3. The molecule has 3 N–H and O–H groups in total. The molecule has 0 aliphatic carbocycles. The van der Waals surface area contributed by atoms with Crippen molar-refractivity contribution in [2.75, 3.05) is 11.4 Å². The molecular formula is C26H20N2O7. The molecule has 0 bridgehead atoms. The average Bonchev–Trinajstić information content (AvgIpc) is 3.27. The van der Waals surface area contributed by atoms with Crippen molar-refractivity contribution in [3.05, 3.63) is 88.3 Å². The van der Waals surface area contributed by atoms with E-state index in [9.17, 15) is 19.8 Å². The lowest BCUT2D eigenvalue weighted by Gasteiger charge is -2.24. The molecule has 176 valence electrons. The van der Waals surface area contributed by atoms with Gasteiger partial charge in [-0.1, -0.05) is 12.1 Å². The quantitative estimate of drug-likeness (QED) is 0.242. The van der Waals surface area contributed by atoms with Gasteiger partial charge in [-0.2, -0.15) is 0 Å². The number of carboxylic acid groups (broad SMARTS) is 1. The molecule has 0 fully saturated rings. The highest BCUT2D eigenvalue weighted by Gasteiger charge is 2.17. The van der Waals surface area contributed by atoms with Crippen LogP contribution in [0.4, 0.5) is 11.4 Å². The summed E-state index contributed by atoms with van der Waals surface area (Å²) in [6.07, 6.45) is -1.54. The largest absolute Gasteiger partial charge is 0.478 e. The second-order valence-electron chi connectivity index (χ2n) is 7.89. The fourth-order valence-electron chi connectivity index (χ4n) is 3.93. The summed E-state index contributed by atoms with van der Waals surface area (Å²) in [5, 5.41) is 28.5. The number of fused-ring (bicyclic) bond motifs is 2. The Bertz CT molecular complexity index is 1620. The molecular weight excluding hydrogens is 452 g/mol. The summed E-state index contributed by atoms with van der Waals surface area (Å²) >= 11 is 0. The molecule has 0 saturated carbocycles. The van der Waals surface area contributed by atoms with E-state index >= 15 is 0 Å². The van der Waals surface area contributed by atoms with Crippen molar-refractivity contribution in [2.24, 2.45) is 0 Å². The van der Waals surface area contributed by atoms with E-state index in [1.165, 1.54) is 18.2 Å². The van der Waals surface area contributed by atoms with Gasteiger partial charge in [-0.15, -0.1) is 0 Å². The van der Waals surface area contributed by atoms with Crippen molar-refractivity contribution < 1.29 is 28.9 Å². The van der Waals surface area contributed by atoms with Gasteiger partial charge in [0, 0.05) is 34.9 Å². The minimum Gasteiger partial charge on any atom is -0.478 e. The molecule has 0 aliphatic rings. The highest BCUT2D eigenvalue weighted by molar-refractivity contribution is 5.92. The molecule has 3 aromatic carbocycles. The van der Waals surface area contributed by atoms with Crippen LogP contribution in [0.25, 0.3) is 33.5 Å². The van der Waals surface area contributed by atoms with Crippen molar-refractivity contribution in [3.8, 4) is 11.5 Å². The number of carbonyl (C=O) groups is 1. The summed E-state index contributed by atoms with van der Waals surface area (Å²) in [4.78, 5) is 30.3. The zero-order valence-corrected chi connectivity index (χ0v) is 18.5. The fraction of sp³-hybridized carbons (Fsp3) is 0.115. The standard InChI is InChI=1S/C26H20N2O7/c1-2-28(17-7-3-14(4-8-17)24(29)30)18-9-5-15-11-19(26(33)35-22(15)13-18)23-27-20-12-16(25(31)32)6-10-21(20)34-23/h3-13,24,29-30H,2H2,1H3,(H,31,32). The molecule has 5 aromatic rings. The summed E-state index contributed by atoms with van der Waals surface area (Å²) in [5.74, 6) is -1.04. The van der Waals surface area contributed by atoms with Crippen molar-refractivity contribution in [1.82, 2.24) is 4.98 Å². The first-order valence-electron chi connectivity index (χ1n) is 10.8. The summed E-state index contributed by atoms with van der Waals surface area (Å²) in [5.41, 5.74) is 2.64. The summed E-state index contributed by atoms with van der Waals surface area (Å²) in [6, 6.07) is 18.2. The number of aliphatic hydroxyl groups is 2. The summed E-state index contributed by atoms with van der Waals surface area (Å²) in [7, 11) is 0. The number of rotatable bonds is 6. The number of anilines is 2. The van der Waals surface area contributed by atoms with Crippen molar-refractivity contribution in [3.63, 3.8) is 0 Å². The Morgan fingerprint density at radius 3 is 2.37 bits per heavy atom. The number of hydrogen-bond acceptors (Lipinski definition) is 8. The van der Waals surface area contributed by atoms with Crippen LogP contribution in [0.3, 0.4) is 0 Å². The molecule has 2 aromatic heterocycles. The van der Waals surface area contributed by atoms with E-state index in [0.717, 1.165) is 11.4 Å². The first-order valence-corrected chi connectivity index (χ1v) is 10.8. The van der Waals surface area contributed by atoms with E-state index in [1.807, 2.05) is 24.0 Å². The lowest BCUT2D eigenvalue weighted by molar-refractivity contribution is -0.0424. The fourth-order valence-corrected chi connectivity index (χ4v) is 3.93. The maximum Gasteiger partial charge on any atom is 0.349 e. The number of oxazole rings is 1. The Hall–Kier alpha value is -4.47. The van der Waals surface area contributed by atoms with Crippen LogP contribution < -0.4 is 10.5 Å². The van der Waals surface area contributed by atoms with E-state index in [-0.39, 0.29) is 17.0 Å². The van der Waals surface area contributed by atoms with E-state index in [2.05, 4.69) is 4.98 Å². The van der Waals surface area contributed by atoms with E-state index < -0.39 is 17.9 Å². The number of nitrogens with zero attached hydrogens (tertiary/aromatic N) is 2. The Labute approximate surface area is 198 Å². The molecule has 0 saturated heterocycles. The van der Waals surface area contributed by atoms with Crippen molar-refractivity contribution >= 4 is 39.4 Å². The van der Waals surface area contributed by atoms with Crippen LogP contribution in [0, 0.1) is 0 Å². The molecule has 0 spiro atoms. The van der Waals surface area contributed by atoms with Gasteiger partial charge in [0.25, 0.3) is 0 Å². The number of aliphatic hydroxyl groups excluding tert-OH is 1. The molecule has 0 aliphatic heterocycles. The minimum atomic E-state index is -1.54. The monoisotopic (exact) mass is 472 g/mol. The Morgan fingerprint density at radius 1 is 0.943 bits per heavy atom. The van der Waals surface area contributed by atoms with Gasteiger partial charge in [0.1, 0.15) is 16.7 Å². The van der Waals surface area contributed by atoms with Gasteiger partial charge < -0.3 is 29.1 Å². The van der Waals surface area contributed by atoms with E-state index in [4.69, 9.17) is 13.9 Å². The minimum absolute atomic E-state index is 0.0450. The van der Waals surface area contributed by atoms with Gasteiger partial charge in [0.15, 0.2) is 11.9 Å². The zero-order valence-electron chi connectivity index (χ0n) is 18.5. The SMILES string of the molecule is CCN(c1ccc(C(O)O)cc1)c1ccc2cc(-c3nc4cc(C(=O)O)ccc4o3)c(=O)oc2c1. The molecule has 5 rings (SSSR count). The van der Waals surface area contributed by atoms with Gasteiger partial charge in [0.2, 0.25) is 5.89 Å². The third-order valence-corrected chi connectivity index (χ3v) is 5.72. The molecule has 0 radical (unpaired) electrons. The first kappa shape index (κ1) is 22.3. The normalized spacial score (nSPS) is 11.4. The maximum atomic E-state index is 12.8. The number of aromatic nitrogens is 1. The van der Waals surface area contributed by atoms with Crippen molar-refractivity contribution in [1.29, 1.82) is 0 Å². The highest BCUT2D eigenvalue weighted by Crippen LogP contribution is 2.31. The van der Waals surface area contributed by atoms with Crippen LogP contribution in [0.15, 0.2) is 80.4 Å². The first-order chi connectivity index (χ1) is 16.8. The lowest BCUT2D eigenvalue weighted by atomic mass is 10.1. The molecule has 35 heavy (non-hydrogen) atoms. The van der Waals surface area contributed by atoms with Crippen LogP contribution in [0.5, 0.6) is 0 Å². The number of carboxylic acids is 1. The zero-order chi connectivity index (χ0) is 24.7. The average molecular weight is 472 g/mol. The van der Waals surface area contributed by atoms with Gasteiger partial charge in [-0.3, -0.25) is 0 Å². The van der Waals surface area contributed by atoms with Crippen LogP contribution >= 0.6 is 0 Å². The Morgan fingerprint density at radius 2 is 1.69 bits per heavy atom. The maximum absolute atomic E-state index is 12.8. The predicted octanol–water partition coefficient (Wildman–Crippen LogP) is 4.44. The summed E-state index contributed by atoms with van der Waals surface area (Å²) in [6.45, 7) is 2.59. The third kappa shape index (κ3) is 4.14. The lowest BCUT2D eigenvalue weighted by Crippen LogP contribution is -2.16. The third-order valence-electron chi connectivity index (χ3n) is 5.72. The van der Waals surface area contributed by atoms with Gasteiger partial charge in [0.05, 0.1) is 5.56 Å². The number of benzene rings is 3. The molecule has 0 unspecified atom stereocenters. The molecule has 0 atom stereocenters. The summed E-state index contributed by atoms with van der Waals surface area (Å²) < 4.78 is 11.3. The molecule has 9 heteroatoms. The van der Waals surface area contributed by atoms with Gasteiger partial charge >= 0.3 is 11.6 Å². The van der Waals surface area contributed by atoms with Crippen LogP contribution in [0.1, 0.15) is 29.1 Å². The molecule has 2 heterocycles. The number of aromatic carboxylic acids is 1. The van der Waals surface area contributed by atoms with Crippen LogP contribution in [0.2, 0.25) is 0 Å². The van der Waals surface area contributed by atoms with Gasteiger partial charge in [-0.25, -0.2) is 14.6 Å². The Kier molecular flexibility index (Phi) is 5.56. The second kappa shape index (κ2) is 8.71. The second-order valence-corrected chi connectivity index (χ2v) is 7.89. The molecule has 0 amide bonds. The predicted molar refractivity (Wildman–Crippen MR) is 129 cm³/mol. The smallest absolute Gasteiger partial charge is 0.349 e. The Balaban J connectivity index is 1.52. The van der Waals surface area contributed by atoms with E-state index in [0.29, 0.717) is 34.2 Å². The van der Waals surface area contributed by atoms with Crippen molar-refractivity contribution in [2.45, 2.75) is 13.2 Å². The molecule has 9 nitrogen and oxygen atoms in total. The van der Waals surface area contributed by atoms with Crippen LogP contribution in [-0.2, 0) is 0 Å². The van der Waals surface area contributed by atoms with Crippen LogP contribution in [-0.4, -0.2) is 32.8 Å². The van der Waals surface area contributed by atoms with E-state index in [1.54, 1.807) is 36.4 Å².